The van der Waals surface area contributed by atoms with Gasteiger partial charge >= 0.3 is 0 Å². The van der Waals surface area contributed by atoms with E-state index in [0.29, 0.717) is 6.42 Å². The molecule has 6 rings (SSSR count). The third-order valence-corrected chi connectivity index (χ3v) is 10.7. The summed E-state index contributed by atoms with van der Waals surface area (Å²) in [5.41, 5.74) is 10.1. The molecule has 318 valence electrons. The maximum absolute atomic E-state index is 8.29. The molecular weight excluding hydrogens is 807 g/mol. The predicted molar refractivity (Wildman–Crippen MR) is 267 cm³/mol. The van der Waals surface area contributed by atoms with Crippen LogP contribution in [0.4, 0.5) is 0 Å². The number of hydrogen-bond acceptors (Lipinski definition) is 3. The predicted octanol–water partition coefficient (Wildman–Crippen LogP) is 15.7. The number of benzene rings is 6. The van der Waals surface area contributed by atoms with Crippen LogP contribution in [0.3, 0.4) is 0 Å². The Balaban J connectivity index is 0.000000227. The Labute approximate surface area is 377 Å². The van der Waals surface area contributed by atoms with Crippen LogP contribution < -0.4 is 0 Å². The Morgan fingerprint density at radius 2 is 0.557 bits per heavy atom. The summed E-state index contributed by atoms with van der Waals surface area (Å²) in [4.78, 5) is 0. The molecule has 0 aliphatic rings. The standard InChI is InChI=1S/2C19H23N.C10H11N.C9H11Br/c2*20-19(15-7-13-17-9-3-1-4-10-17)16-8-14-18-11-5-2-6-12-18;11-9-5-4-8-10-6-2-1-3-7-10;10-8-4-7-9-5-2-1-3-6-9/h2*1-6,9-12,20H,7-8,13-16H2;1-3,6-7H,4-5,8H2;1-3,5-6H,4,7-8H2. The average Bonchev–Trinajstić information content (AvgIpc) is 3.31. The van der Waals surface area contributed by atoms with Gasteiger partial charge in [-0.25, -0.2) is 0 Å². The molecule has 0 aromatic heterocycles. The van der Waals surface area contributed by atoms with Gasteiger partial charge in [0.25, 0.3) is 0 Å². The van der Waals surface area contributed by atoms with Crippen LogP contribution in [-0.2, 0) is 38.5 Å². The molecule has 4 heteroatoms. The van der Waals surface area contributed by atoms with E-state index < -0.39 is 0 Å². The van der Waals surface area contributed by atoms with Crippen molar-refractivity contribution < 1.29 is 0 Å². The zero-order chi connectivity index (χ0) is 43.3. The fourth-order valence-corrected chi connectivity index (χ4v) is 7.06. The quantitative estimate of drug-likeness (QED) is 0.0398. The van der Waals surface area contributed by atoms with Crippen LogP contribution in [0.1, 0.15) is 104 Å². The third-order valence-electron chi connectivity index (χ3n) is 10.2. The van der Waals surface area contributed by atoms with Crippen molar-refractivity contribution in [3.63, 3.8) is 0 Å². The number of halogens is 1. The van der Waals surface area contributed by atoms with Gasteiger partial charge < -0.3 is 10.8 Å². The van der Waals surface area contributed by atoms with Gasteiger partial charge in [0.1, 0.15) is 0 Å². The van der Waals surface area contributed by atoms with Crippen LogP contribution >= 0.6 is 15.9 Å². The zero-order valence-corrected chi connectivity index (χ0v) is 38.0. The highest BCUT2D eigenvalue weighted by Gasteiger charge is 2.01. The van der Waals surface area contributed by atoms with E-state index in [1.165, 1.54) is 46.2 Å². The molecule has 0 fully saturated rings. The van der Waals surface area contributed by atoms with E-state index in [2.05, 4.69) is 186 Å². The second-order valence-electron chi connectivity index (χ2n) is 15.3. The summed E-state index contributed by atoms with van der Waals surface area (Å²) < 4.78 is 0. The van der Waals surface area contributed by atoms with Crippen LogP contribution in [0.5, 0.6) is 0 Å². The molecule has 0 spiro atoms. The smallest absolute Gasteiger partial charge is 0.0621 e. The lowest BCUT2D eigenvalue weighted by molar-refractivity contribution is 0.807. The lowest BCUT2D eigenvalue weighted by Crippen LogP contribution is -1.99. The summed E-state index contributed by atoms with van der Waals surface area (Å²) in [6.45, 7) is 0. The normalized spacial score (nSPS) is 10.0. The fourth-order valence-electron chi connectivity index (χ4n) is 6.78. The van der Waals surface area contributed by atoms with E-state index in [1.807, 2.05) is 18.2 Å². The van der Waals surface area contributed by atoms with E-state index in [0.717, 1.165) is 107 Å². The van der Waals surface area contributed by atoms with Gasteiger partial charge in [-0.3, -0.25) is 0 Å². The van der Waals surface area contributed by atoms with Gasteiger partial charge in [0.05, 0.1) is 6.07 Å². The highest BCUT2D eigenvalue weighted by atomic mass is 79.9. The number of nitrogens with one attached hydrogen (secondary N) is 2. The van der Waals surface area contributed by atoms with Gasteiger partial charge in [0.2, 0.25) is 0 Å². The maximum Gasteiger partial charge on any atom is 0.0621 e. The van der Waals surface area contributed by atoms with E-state index >= 15 is 0 Å². The Morgan fingerprint density at radius 1 is 0.344 bits per heavy atom. The molecule has 0 heterocycles. The lowest BCUT2D eigenvalue weighted by atomic mass is 10.0. The summed E-state index contributed by atoms with van der Waals surface area (Å²) >= 11 is 3.41. The van der Waals surface area contributed by atoms with Crippen LogP contribution in [0, 0.1) is 22.1 Å². The molecule has 2 N–H and O–H groups in total. The fraction of sp³-hybridized carbons (Fsp3) is 0.316. The molecule has 0 amide bonds. The summed E-state index contributed by atoms with van der Waals surface area (Å²) in [5.74, 6) is 0. The molecule has 0 atom stereocenters. The Morgan fingerprint density at radius 3 is 0.770 bits per heavy atom. The van der Waals surface area contributed by atoms with Gasteiger partial charge in [0, 0.05) is 23.2 Å². The van der Waals surface area contributed by atoms with Crippen molar-refractivity contribution in [2.45, 2.75) is 109 Å². The molecular formula is C57H68BrN3. The third kappa shape index (κ3) is 26.5. The number of nitriles is 1. The monoisotopic (exact) mass is 873 g/mol. The van der Waals surface area contributed by atoms with E-state index in [4.69, 9.17) is 16.1 Å². The number of nitrogens with zero attached hydrogens (tertiary/aromatic N) is 1. The maximum atomic E-state index is 8.29. The molecule has 61 heavy (non-hydrogen) atoms. The molecule has 0 aliphatic carbocycles. The minimum absolute atomic E-state index is 0.662. The number of hydrogen-bond donors (Lipinski definition) is 2. The average molecular weight is 875 g/mol. The Kier molecular flexibility index (Phi) is 28.2. The van der Waals surface area contributed by atoms with Crippen molar-refractivity contribution >= 4 is 27.4 Å². The van der Waals surface area contributed by atoms with Crippen molar-refractivity contribution in [3.8, 4) is 6.07 Å². The first-order valence-corrected chi connectivity index (χ1v) is 23.5. The van der Waals surface area contributed by atoms with Crippen molar-refractivity contribution in [3.05, 3.63) is 215 Å². The molecule has 6 aromatic carbocycles. The van der Waals surface area contributed by atoms with Gasteiger partial charge in [-0.05, 0) is 136 Å². The van der Waals surface area contributed by atoms with Crippen molar-refractivity contribution in [2.24, 2.45) is 0 Å². The van der Waals surface area contributed by atoms with Gasteiger partial charge in [-0.2, -0.15) is 5.26 Å². The number of unbranched alkanes of at least 4 members (excludes halogenated alkanes) is 1. The van der Waals surface area contributed by atoms with E-state index in [1.54, 1.807) is 0 Å². The summed E-state index contributed by atoms with van der Waals surface area (Å²) in [7, 11) is 0. The van der Waals surface area contributed by atoms with Gasteiger partial charge in [-0.1, -0.05) is 198 Å². The van der Waals surface area contributed by atoms with Crippen LogP contribution in [0.2, 0.25) is 0 Å². The van der Waals surface area contributed by atoms with E-state index in [9.17, 15) is 0 Å². The first-order valence-electron chi connectivity index (χ1n) is 22.3. The van der Waals surface area contributed by atoms with Gasteiger partial charge in [-0.15, -0.1) is 0 Å². The topological polar surface area (TPSA) is 71.5 Å². The second-order valence-corrected chi connectivity index (χ2v) is 16.1. The second kappa shape index (κ2) is 34.4. The number of rotatable bonds is 22. The first-order chi connectivity index (χ1) is 30.1. The Hall–Kier alpha value is -5.37. The largest absolute Gasteiger partial charge is 0.310 e. The summed E-state index contributed by atoms with van der Waals surface area (Å²) in [5, 5.41) is 25.4. The molecule has 0 bridgehead atoms. The lowest BCUT2D eigenvalue weighted by Gasteiger charge is -2.05. The molecule has 6 aromatic rings. The first kappa shape index (κ1) is 50.0. The van der Waals surface area contributed by atoms with Crippen molar-refractivity contribution in [1.82, 2.24) is 0 Å². The molecule has 0 unspecified atom stereocenters. The number of alkyl halides is 1. The molecule has 0 saturated carbocycles. The minimum atomic E-state index is 0.662. The van der Waals surface area contributed by atoms with E-state index in [-0.39, 0.29) is 0 Å². The Bertz CT molecular complexity index is 1780. The number of aryl methyl sites for hydroxylation is 6. The van der Waals surface area contributed by atoms with Crippen molar-refractivity contribution in [2.75, 3.05) is 5.33 Å². The zero-order valence-electron chi connectivity index (χ0n) is 36.4. The minimum Gasteiger partial charge on any atom is -0.310 e. The molecule has 0 radical (unpaired) electrons. The highest BCUT2D eigenvalue weighted by molar-refractivity contribution is 9.09. The van der Waals surface area contributed by atoms with Crippen LogP contribution in [0.15, 0.2) is 182 Å². The van der Waals surface area contributed by atoms with Crippen LogP contribution in [-0.4, -0.2) is 16.8 Å². The summed E-state index contributed by atoms with van der Waals surface area (Å²) in [6, 6.07) is 65.2. The van der Waals surface area contributed by atoms with Crippen LogP contribution in [0.25, 0.3) is 0 Å². The molecule has 0 saturated heterocycles. The molecule has 3 nitrogen and oxygen atoms in total. The SMILES string of the molecule is BrCCCc1ccccc1.N#CCCCc1ccccc1.N=C(CCCc1ccccc1)CCCc1ccccc1.N=C(CCCc1ccccc1)CCCc1ccccc1. The highest BCUT2D eigenvalue weighted by Crippen LogP contribution is 2.12. The summed E-state index contributed by atoms with van der Waals surface area (Å²) in [6.07, 6.45) is 17.5. The van der Waals surface area contributed by atoms with Crippen molar-refractivity contribution in [1.29, 1.82) is 16.1 Å². The molecule has 0 aliphatic heterocycles. The van der Waals surface area contributed by atoms with Gasteiger partial charge in [0.15, 0.2) is 0 Å².